The fourth-order valence-corrected chi connectivity index (χ4v) is 8.26. The molecule has 2 aromatic heterocycles. The van der Waals surface area contributed by atoms with Crippen LogP contribution < -0.4 is 0 Å². The van der Waals surface area contributed by atoms with Crippen molar-refractivity contribution in [3.05, 3.63) is 182 Å². The molecule has 0 amide bonds. The molecule has 4 nitrogen and oxygen atoms in total. The van der Waals surface area contributed by atoms with Crippen LogP contribution in [0.4, 0.5) is 0 Å². The number of hydrogen-bond acceptors (Lipinski definition) is 3. The fourth-order valence-electron chi connectivity index (χ4n) is 8.26. The minimum absolute atomic E-state index is 0.589. The second-order valence-corrected chi connectivity index (χ2v) is 13.6. The van der Waals surface area contributed by atoms with Crippen LogP contribution in [-0.2, 0) is 0 Å². The molecule has 2 heterocycles. The van der Waals surface area contributed by atoms with Crippen molar-refractivity contribution in [3.8, 4) is 39.9 Å². The third-order valence-electron chi connectivity index (χ3n) is 10.6. The lowest BCUT2D eigenvalue weighted by atomic mass is 9.87. The smallest absolute Gasteiger partial charge is 0.238 e. The summed E-state index contributed by atoms with van der Waals surface area (Å²) in [4.78, 5) is 15.6. The predicted molar refractivity (Wildman–Crippen MR) is 220 cm³/mol. The Morgan fingerprint density at radius 3 is 1.60 bits per heavy atom. The molecular weight excluding hydrogens is 645 g/mol. The highest BCUT2D eigenvalue weighted by Crippen LogP contribution is 2.43. The summed E-state index contributed by atoms with van der Waals surface area (Å²) in [7, 11) is 0. The van der Waals surface area contributed by atoms with Crippen molar-refractivity contribution in [1.29, 1.82) is 0 Å². The van der Waals surface area contributed by atoms with Gasteiger partial charge in [0.2, 0.25) is 5.95 Å². The quantitative estimate of drug-likeness (QED) is 0.138. The van der Waals surface area contributed by atoms with E-state index < -0.39 is 0 Å². The zero-order chi connectivity index (χ0) is 34.9. The van der Waals surface area contributed by atoms with E-state index in [9.17, 15) is 0 Å². The van der Waals surface area contributed by atoms with Crippen LogP contribution in [0.15, 0.2) is 182 Å². The molecule has 9 aromatic carbocycles. The summed E-state index contributed by atoms with van der Waals surface area (Å²) >= 11 is 0. The van der Waals surface area contributed by atoms with E-state index in [1.165, 1.54) is 43.4 Å². The third kappa shape index (κ3) is 4.59. The molecule has 0 fully saturated rings. The molecule has 0 aliphatic rings. The Balaban J connectivity index is 1.20. The maximum atomic E-state index is 5.30. The molecule has 0 N–H and O–H groups in total. The average Bonchev–Trinajstić information content (AvgIpc) is 3.57. The molecule has 0 aliphatic carbocycles. The predicted octanol–water partition coefficient (Wildman–Crippen LogP) is 12.6. The summed E-state index contributed by atoms with van der Waals surface area (Å²) in [6, 6.07) is 64.6. The molecule has 11 rings (SSSR count). The number of rotatable bonds is 4. The van der Waals surface area contributed by atoms with Gasteiger partial charge in [0.25, 0.3) is 0 Å². The van der Waals surface area contributed by atoms with Crippen LogP contribution in [0, 0.1) is 0 Å². The van der Waals surface area contributed by atoms with Crippen molar-refractivity contribution in [2.24, 2.45) is 0 Å². The molecule has 0 saturated heterocycles. The van der Waals surface area contributed by atoms with Gasteiger partial charge >= 0.3 is 0 Å². The van der Waals surface area contributed by atoms with Crippen molar-refractivity contribution in [2.45, 2.75) is 0 Å². The maximum Gasteiger partial charge on any atom is 0.238 e. The molecule has 0 atom stereocenters. The summed E-state index contributed by atoms with van der Waals surface area (Å²) in [5.74, 6) is 1.85. The Kier molecular flexibility index (Phi) is 6.52. The van der Waals surface area contributed by atoms with Crippen LogP contribution in [0.2, 0.25) is 0 Å². The first-order valence-corrected chi connectivity index (χ1v) is 18.0. The largest absolute Gasteiger partial charge is 0.278 e. The second kappa shape index (κ2) is 11.7. The molecular formula is C49H30N4. The molecule has 0 spiro atoms. The van der Waals surface area contributed by atoms with Gasteiger partial charge in [0, 0.05) is 21.9 Å². The Labute approximate surface area is 305 Å². The monoisotopic (exact) mass is 674 g/mol. The van der Waals surface area contributed by atoms with Gasteiger partial charge in [-0.05, 0) is 78.5 Å². The van der Waals surface area contributed by atoms with Gasteiger partial charge in [-0.3, -0.25) is 4.57 Å². The Bertz CT molecular complexity index is 3180. The normalized spacial score (nSPS) is 11.8. The lowest BCUT2D eigenvalue weighted by Crippen LogP contribution is -2.06. The van der Waals surface area contributed by atoms with Gasteiger partial charge in [0.1, 0.15) is 0 Å². The zero-order valence-electron chi connectivity index (χ0n) is 28.6. The van der Waals surface area contributed by atoms with E-state index >= 15 is 0 Å². The van der Waals surface area contributed by atoms with Crippen LogP contribution in [0.1, 0.15) is 0 Å². The number of benzene rings is 9. The molecule has 246 valence electrons. The Morgan fingerprint density at radius 2 is 0.868 bits per heavy atom. The lowest BCUT2D eigenvalue weighted by molar-refractivity contribution is 0.954. The van der Waals surface area contributed by atoms with Crippen molar-refractivity contribution in [2.75, 3.05) is 0 Å². The lowest BCUT2D eigenvalue weighted by Gasteiger charge is -2.17. The van der Waals surface area contributed by atoms with Crippen LogP contribution in [0.25, 0.3) is 105 Å². The zero-order valence-corrected chi connectivity index (χ0v) is 28.6. The van der Waals surface area contributed by atoms with Crippen molar-refractivity contribution < 1.29 is 0 Å². The van der Waals surface area contributed by atoms with Crippen LogP contribution >= 0.6 is 0 Å². The first-order valence-electron chi connectivity index (χ1n) is 18.0. The second-order valence-electron chi connectivity index (χ2n) is 13.6. The summed E-state index contributed by atoms with van der Waals surface area (Å²) < 4.78 is 2.17. The minimum Gasteiger partial charge on any atom is -0.278 e. The SMILES string of the molecule is c1ccc(-c2nc(-c3ccc(-c4c5ccccc5cc5c4ccc4ccccc45)c4ccccc34)nc(-n3c4ccccc4c4ccccc43)n2)cc1. The number of hydrogen-bond donors (Lipinski definition) is 0. The van der Waals surface area contributed by atoms with E-state index in [0.717, 1.165) is 43.7 Å². The van der Waals surface area contributed by atoms with Crippen molar-refractivity contribution >= 4 is 64.9 Å². The summed E-state index contributed by atoms with van der Waals surface area (Å²) in [5, 5.41) is 12.0. The van der Waals surface area contributed by atoms with Gasteiger partial charge in [-0.2, -0.15) is 9.97 Å². The third-order valence-corrected chi connectivity index (χ3v) is 10.6. The van der Waals surface area contributed by atoms with Gasteiger partial charge in [-0.25, -0.2) is 4.98 Å². The molecule has 0 aliphatic heterocycles. The topological polar surface area (TPSA) is 43.6 Å². The average molecular weight is 675 g/mol. The number of nitrogens with zero attached hydrogens (tertiary/aromatic N) is 4. The highest BCUT2D eigenvalue weighted by Gasteiger charge is 2.20. The van der Waals surface area contributed by atoms with Crippen molar-refractivity contribution in [3.63, 3.8) is 0 Å². The van der Waals surface area contributed by atoms with Crippen molar-refractivity contribution in [1.82, 2.24) is 19.5 Å². The van der Waals surface area contributed by atoms with E-state index in [2.05, 4.69) is 168 Å². The van der Waals surface area contributed by atoms with Gasteiger partial charge in [0.15, 0.2) is 11.6 Å². The number of para-hydroxylation sites is 2. The highest BCUT2D eigenvalue weighted by molar-refractivity contribution is 6.23. The highest BCUT2D eigenvalue weighted by atomic mass is 15.2. The molecule has 0 saturated carbocycles. The maximum absolute atomic E-state index is 5.30. The fraction of sp³-hybridized carbons (Fsp3) is 0. The van der Waals surface area contributed by atoms with Gasteiger partial charge in [0.05, 0.1) is 11.0 Å². The van der Waals surface area contributed by atoms with Gasteiger partial charge < -0.3 is 0 Å². The van der Waals surface area contributed by atoms with Crippen LogP contribution in [0.5, 0.6) is 0 Å². The van der Waals surface area contributed by atoms with E-state index in [-0.39, 0.29) is 0 Å². The van der Waals surface area contributed by atoms with E-state index in [1.54, 1.807) is 0 Å². The molecule has 53 heavy (non-hydrogen) atoms. The van der Waals surface area contributed by atoms with Crippen LogP contribution in [0.3, 0.4) is 0 Å². The van der Waals surface area contributed by atoms with E-state index in [0.29, 0.717) is 17.6 Å². The molecule has 0 unspecified atom stereocenters. The first kappa shape index (κ1) is 29.5. The molecule has 0 radical (unpaired) electrons. The summed E-state index contributed by atoms with van der Waals surface area (Å²) in [6.45, 7) is 0. The molecule has 11 aromatic rings. The summed E-state index contributed by atoms with van der Waals surface area (Å²) in [5.41, 5.74) is 6.43. The Hall–Kier alpha value is -7.17. The van der Waals surface area contributed by atoms with Gasteiger partial charge in [-0.1, -0.05) is 158 Å². The van der Waals surface area contributed by atoms with Crippen LogP contribution in [-0.4, -0.2) is 19.5 Å². The number of aromatic nitrogens is 4. The molecule has 4 heteroatoms. The summed E-state index contributed by atoms with van der Waals surface area (Å²) in [6.07, 6.45) is 0. The van der Waals surface area contributed by atoms with Gasteiger partial charge in [-0.15, -0.1) is 0 Å². The molecule has 0 bridgehead atoms. The Morgan fingerprint density at radius 1 is 0.321 bits per heavy atom. The van der Waals surface area contributed by atoms with E-state index in [1.807, 2.05) is 18.2 Å². The minimum atomic E-state index is 0.589. The number of fused-ring (bicyclic) bond motifs is 8. The standard InChI is InChI=1S/C49H30N4/c1-2-15-32(16-3-1)47-50-48(52-49(51-47)53-44-24-12-10-22-38(44)39-23-11-13-25-45(39)53)42-29-28-40(36-20-8-9-21-37(36)42)46-35-19-7-5-17-33(35)30-43-34-18-6-4-14-31(34)26-27-41(43)46/h1-30H. The van der Waals surface area contributed by atoms with E-state index in [4.69, 9.17) is 15.0 Å². The first-order chi connectivity index (χ1) is 26.3.